The van der Waals surface area contributed by atoms with Crippen molar-refractivity contribution < 1.29 is 5.11 Å². The topological polar surface area (TPSA) is 32.3 Å². The molecule has 2 atom stereocenters. The van der Waals surface area contributed by atoms with E-state index in [1.54, 1.807) is 0 Å². The lowest BCUT2D eigenvalue weighted by Gasteiger charge is -2.21. The van der Waals surface area contributed by atoms with Crippen molar-refractivity contribution in [1.82, 2.24) is 5.32 Å². The highest BCUT2D eigenvalue weighted by molar-refractivity contribution is 6.31. The summed E-state index contributed by atoms with van der Waals surface area (Å²) in [6.45, 7) is 2.61. The van der Waals surface area contributed by atoms with E-state index in [9.17, 15) is 5.11 Å². The largest absolute Gasteiger partial charge is 0.387 e. The quantitative estimate of drug-likeness (QED) is 0.875. The first-order valence-corrected chi connectivity index (χ1v) is 6.76. The van der Waals surface area contributed by atoms with Crippen LogP contribution in [0.3, 0.4) is 0 Å². The van der Waals surface area contributed by atoms with Crippen molar-refractivity contribution in [2.24, 2.45) is 0 Å². The van der Waals surface area contributed by atoms with Crippen LogP contribution >= 0.6 is 11.6 Å². The summed E-state index contributed by atoms with van der Waals surface area (Å²) in [5.41, 5.74) is 1.96. The second kappa shape index (κ2) is 6.71. The number of hydrogen-bond donors (Lipinski definition) is 2. The van der Waals surface area contributed by atoms with Gasteiger partial charge in [-0.1, -0.05) is 60.1 Å². The van der Waals surface area contributed by atoms with Crippen molar-refractivity contribution in [3.8, 4) is 0 Å². The van der Waals surface area contributed by atoms with Crippen molar-refractivity contribution in [3.05, 3.63) is 70.7 Å². The minimum atomic E-state index is -0.524. The summed E-state index contributed by atoms with van der Waals surface area (Å²) in [6.07, 6.45) is -0.524. The summed E-state index contributed by atoms with van der Waals surface area (Å²) < 4.78 is 0. The van der Waals surface area contributed by atoms with Crippen LogP contribution in [-0.2, 0) is 6.54 Å². The van der Waals surface area contributed by atoms with Crippen LogP contribution in [0.4, 0.5) is 0 Å². The number of aliphatic hydroxyl groups is 1. The van der Waals surface area contributed by atoms with Gasteiger partial charge in [-0.2, -0.15) is 0 Å². The summed E-state index contributed by atoms with van der Waals surface area (Å²) in [5.74, 6) is 0. The lowest BCUT2D eigenvalue weighted by Crippen LogP contribution is -2.31. The SMILES string of the molecule is C[C@H](NCc1ccccc1Cl)[C@@H](O)c1ccccc1. The molecule has 0 aromatic heterocycles. The minimum absolute atomic E-state index is 0.0429. The van der Waals surface area contributed by atoms with Crippen LogP contribution in [0.25, 0.3) is 0 Å². The normalized spacial score (nSPS) is 14.1. The van der Waals surface area contributed by atoms with E-state index in [1.165, 1.54) is 0 Å². The highest BCUT2D eigenvalue weighted by Crippen LogP contribution is 2.18. The first-order chi connectivity index (χ1) is 9.18. The predicted molar refractivity (Wildman–Crippen MR) is 79.2 cm³/mol. The minimum Gasteiger partial charge on any atom is -0.387 e. The van der Waals surface area contributed by atoms with Crippen LogP contribution in [0.15, 0.2) is 54.6 Å². The molecule has 0 heterocycles. The molecule has 2 aromatic rings. The molecular weight excluding hydrogens is 258 g/mol. The number of rotatable bonds is 5. The van der Waals surface area contributed by atoms with E-state index in [-0.39, 0.29) is 6.04 Å². The fourth-order valence-corrected chi connectivity index (χ4v) is 2.17. The van der Waals surface area contributed by atoms with Crippen molar-refractivity contribution in [2.75, 3.05) is 0 Å². The lowest BCUT2D eigenvalue weighted by atomic mass is 10.0. The van der Waals surface area contributed by atoms with Crippen LogP contribution in [0.2, 0.25) is 5.02 Å². The lowest BCUT2D eigenvalue weighted by molar-refractivity contribution is 0.135. The first kappa shape index (κ1) is 14.1. The van der Waals surface area contributed by atoms with Gasteiger partial charge in [0.25, 0.3) is 0 Å². The van der Waals surface area contributed by atoms with Gasteiger partial charge in [-0.25, -0.2) is 0 Å². The molecule has 0 saturated heterocycles. The van der Waals surface area contributed by atoms with Gasteiger partial charge in [0.1, 0.15) is 0 Å². The number of benzene rings is 2. The van der Waals surface area contributed by atoms with E-state index in [1.807, 2.05) is 61.5 Å². The van der Waals surface area contributed by atoms with Gasteiger partial charge < -0.3 is 10.4 Å². The maximum atomic E-state index is 10.2. The second-order valence-corrected chi connectivity index (χ2v) is 5.02. The molecule has 0 unspecified atom stereocenters. The third-order valence-corrected chi connectivity index (χ3v) is 3.56. The van der Waals surface area contributed by atoms with Gasteiger partial charge in [0.2, 0.25) is 0 Å². The van der Waals surface area contributed by atoms with E-state index in [4.69, 9.17) is 11.6 Å². The Morgan fingerprint density at radius 3 is 2.37 bits per heavy atom. The summed E-state index contributed by atoms with van der Waals surface area (Å²) in [7, 11) is 0. The molecule has 0 spiro atoms. The molecule has 0 radical (unpaired) electrons. The highest BCUT2D eigenvalue weighted by atomic mass is 35.5. The zero-order valence-electron chi connectivity index (χ0n) is 10.9. The van der Waals surface area contributed by atoms with Gasteiger partial charge in [-0.05, 0) is 24.1 Å². The molecule has 0 aliphatic heterocycles. The molecule has 3 heteroatoms. The summed E-state index contributed by atoms with van der Waals surface area (Å²) in [6, 6.07) is 17.3. The first-order valence-electron chi connectivity index (χ1n) is 6.38. The van der Waals surface area contributed by atoms with Crippen LogP contribution in [-0.4, -0.2) is 11.1 Å². The number of nitrogens with one attached hydrogen (secondary N) is 1. The zero-order valence-corrected chi connectivity index (χ0v) is 11.6. The Morgan fingerprint density at radius 2 is 1.68 bits per heavy atom. The molecule has 0 bridgehead atoms. The fraction of sp³-hybridized carbons (Fsp3) is 0.250. The van der Waals surface area contributed by atoms with Crippen molar-refractivity contribution in [2.45, 2.75) is 25.6 Å². The maximum absolute atomic E-state index is 10.2. The van der Waals surface area contributed by atoms with E-state index in [0.717, 1.165) is 16.1 Å². The molecule has 19 heavy (non-hydrogen) atoms. The Bertz CT molecular complexity index is 515. The Hall–Kier alpha value is -1.35. The molecule has 2 N–H and O–H groups in total. The van der Waals surface area contributed by atoms with E-state index < -0.39 is 6.10 Å². The molecule has 2 aromatic carbocycles. The number of hydrogen-bond acceptors (Lipinski definition) is 2. The average Bonchev–Trinajstić information content (AvgIpc) is 2.46. The Morgan fingerprint density at radius 1 is 1.05 bits per heavy atom. The van der Waals surface area contributed by atoms with E-state index in [0.29, 0.717) is 6.54 Å². The van der Waals surface area contributed by atoms with Crippen LogP contribution < -0.4 is 5.32 Å². The number of aliphatic hydroxyl groups excluding tert-OH is 1. The Labute approximate surface area is 119 Å². The Kier molecular flexibility index (Phi) is 4.97. The molecule has 0 saturated carbocycles. The Balaban J connectivity index is 1.95. The second-order valence-electron chi connectivity index (χ2n) is 4.62. The fourth-order valence-electron chi connectivity index (χ4n) is 1.96. The predicted octanol–water partition coefficient (Wildman–Crippen LogP) is 3.55. The third-order valence-electron chi connectivity index (χ3n) is 3.19. The molecule has 2 nitrogen and oxygen atoms in total. The van der Waals surface area contributed by atoms with Gasteiger partial charge in [-0.3, -0.25) is 0 Å². The smallest absolute Gasteiger partial charge is 0.0940 e. The van der Waals surface area contributed by atoms with Crippen molar-refractivity contribution in [1.29, 1.82) is 0 Å². The zero-order chi connectivity index (χ0) is 13.7. The monoisotopic (exact) mass is 275 g/mol. The standard InChI is InChI=1S/C16H18ClNO/c1-12(16(19)13-7-3-2-4-8-13)18-11-14-9-5-6-10-15(14)17/h2-10,12,16,18-19H,11H2,1H3/t12-,16+/m0/s1. The molecule has 0 aliphatic carbocycles. The summed E-state index contributed by atoms with van der Waals surface area (Å²) in [4.78, 5) is 0. The van der Waals surface area contributed by atoms with Gasteiger partial charge in [0, 0.05) is 17.6 Å². The number of halogens is 1. The van der Waals surface area contributed by atoms with Crippen LogP contribution in [0, 0.1) is 0 Å². The molecule has 2 rings (SSSR count). The van der Waals surface area contributed by atoms with E-state index in [2.05, 4.69) is 5.32 Å². The molecule has 0 aliphatic rings. The average molecular weight is 276 g/mol. The maximum Gasteiger partial charge on any atom is 0.0940 e. The summed E-state index contributed by atoms with van der Waals surface area (Å²) in [5, 5.41) is 14.3. The van der Waals surface area contributed by atoms with Gasteiger partial charge in [0.15, 0.2) is 0 Å². The molecule has 100 valence electrons. The molecule has 0 amide bonds. The van der Waals surface area contributed by atoms with Crippen molar-refractivity contribution >= 4 is 11.6 Å². The summed E-state index contributed by atoms with van der Waals surface area (Å²) >= 11 is 6.10. The van der Waals surface area contributed by atoms with Crippen LogP contribution in [0.1, 0.15) is 24.2 Å². The van der Waals surface area contributed by atoms with Gasteiger partial charge in [-0.15, -0.1) is 0 Å². The van der Waals surface area contributed by atoms with E-state index >= 15 is 0 Å². The molecule has 0 fully saturated rings. The van der Waals surface area contributed by atoms with Crippen molar-refractivity contribution in [3.63, 3.8) is 0 Å². The van der Waals surface area contributed by atoms with Crippen LogP contribution in [0.5, 0.6) is 0 Å². The highest BCUT2D eigenvalue weighted by Gasteiger charge is 2.15. The van der Waals surface area contributed by atoms with Gasteiger partial charge >= 0.3 is 0 Å². The third kappa shape index (κ3) is 3.80. The van der Waals surface area contributed by atoms with Gasteiger partial charge in [0.05, 0.1) is 6.10 Å². The molecular formula is C16H18ClNO.